The van der Waals surface area contributed by atoms with Gasteiger partial charge < -0.3 is 11.1 Å². The number of carbonyl (C=O) groups is 1. The SMILES string of the molecule is C=C(/C=C\C1=C(C)CCc2nc(NC(=O)Cc3ccccc3)c(Cc3ccccc3)nc21)CN. The molecule has 1 heterocycles. The van der Waals surface area contributed by atoms with Crippen LogP contribution in [0.1, 0.15) is 41.6 Å². The van der Waals surface area contributed by atoms with Gasteiger partial charge in [-0.3, -0.25) is 4.79 Å². The molecule has 172 valence electrons. The number of aromatic nitrogens is 2. The van der Waals surface area contributed by atoms with Crippen LogP contribution in [0.15, 0.2) is 90.5 Å². The van der Waals surface area contributed by atoms with Crippen LogP contribution in [-0.2, 0) is 24.1 Å². The van der Waals surface area contributed by atoms with E-state index in [1.54, 1.807) is 0 Å². The van der Waals surface area contributed by atoms with Gasteiger partial charge in [-0.25, -0.2) is 9.97 Å². The van der Waals surface area contributed by atoms with Crippen LogP contribution in [-0.4, -0.2) is 22.4 Å². The van der Waals surface area contributed by atoms with E-state index in [0.29, 0.717) is 25.2 Å². The molecule has 0 aliphatic heterocycles. The Morgan fingerprint density at radius 2 is 1.71 bits per heavy atom. The zero-order valence-electron chi connectivity index (χ0n) is 19.6. The average molecular weight is 451 g/mol. The Morgan fingerprint density at radius 3 is 2.38 bits per heavy atom. The van der Waals surface area contributed by atoms with E-state index in [4.69, 9.17) is 15.7 Å². The van der Waals surface area contributed by atoms with Crippen LogP contribution in [0.2, 0.25) is 0 Å². The Hall–Kier alpha value is -3.83. The molecule has 3 aromatic rings. The Kier molecular flexibility index (Phi) is 7.45. The zero-order chi connectivity index (χ0) is 23.9. The van der Waals surface area contributed by atoms with Crippen molar-refractivity contribution in [2.75, 3.05) is 11.9 Å². The van der Waals surface area contributed by atoms with Crippen LogP contribution < -0.4 is 11.1 Å². The molecule has 3 N–H and O–H groups in total. The fourth-order valence-corrected chi connectivity index (χ4v) is 4.00. The Balaban J connectivity index is 1.70. The van der Waals surface area contributed by atoms with E-state index in [0.717, 1.165) is 52.2 Å². The van der Waals surface area contributed by atoms with Gasteiger partial charge in [0.25, 0.3) is 0 Å². The number of amides is 1. The van der Waals surface area contributed by atoms with E-state index in [-0.39, 0.29) is 5.91 Å². The summed E-state index contributed by atoms with van der Waals surface area (Å²) in [6.07, 6.45) is 6.54. The molecule has 0 bridgehead atoms. The van der Waals surface area contributed by atoms with Crippen molar-refractivity contribution in [2.45, 2.75) is 32.6 Å². The van der Waals surface area contributed by atoms with Crippen LogP contribution in [0.5, 0.6) is 0 Å². The number of fused-ring (bicyclic) bond motifs is 1. The molecule has 0 fully saturated rings. The van der Waals surface area contributed by atoms with E-state index < -0.39 is 0 Å². The molecule has 1 aromatic heterocycles. The fourth-order valence-electron chi connectivity index (χ4n) is 4.00. The van der Waals surface area contributed by atoms with Gasteiger partial charge in [-0.05, 0) is 36.5 Å². The van der Waals surface area contributed by atoms with Crippen molar-refractivity contribution in [2.24, 2.45) is 5.73 Å². The second-order valence-electron chi connectivity index (χ2n) is 8.58. The number of hydrogen-bond donors (Lipinski definition) is 2. The Morgan fingerprint density at radius 1 is 1.03 bits per heavy atom. The van der Waals surface area contributed by atoms with E-state index in [1.165, 1.54) is 5.57 Å². The lowest BCUT2D eigenvalue weighted by Gasteiger charge is -2.21. The van der Waals surface area contributed by atoms with Crippen LogP contribution in [0.4, 0.5) is 5.82 Å². The molecule has 5 nitrogen and oxygen atoms in total. The predicted octanol–water partition coefficient (Wildman–Crippen LogP) is 5.04. The lowest BCUT2D eigenvalue weighted by molar-refractivity contribution is -0.115. The molecule has 0 atom stereocenters. The second-order valence-corrected chi connectivity index (χ2v) is 8.58. The second kappa shape index (κ2) is 10.9. The number of nitrogens with one attached hydrogen (secondary N) is 1. The molecule has 0 saturated carbocycles. The van der Waals surface area contributed by atoms with Gasteiger partial charge >= 0.3 is 0 Å². The van der Waals surface area contributed by atoms with Gasteiger partial charge in [0, 0.05) is 18.5 Å². The number of aryl methyl sites for hydroxylation is 1. The van der Waals surface area contributed by atoms with Crippen molar-refractivity contribution in [3.63, 3.8) is 0 Å². The van der Waals surface area contributed by atoms with Gasteiger partial charge in [0.05, 0.1) is 23.5 Å². The number of carbonyl (C=O) groups excluding carboxylic acids is 1. The highest BCUT2D eigenvalue weighted by Gasteiger charge is 2.22. The van der Waals surface area contributed by atoms with Crippen LogP contribution >= 0.6 is 0 Å². The molecule has 34 heavy (non-hydrogen) atoms. The maximum absolute atomic E-state index is 12.9. The molecule has 0 unspecified atom stereocenters. The van der Waals surface area contributed by atoms with E-state index in [2.05, 4.69) is 31.0 Å². The van der Waals surface area contributed by atoms with Crippen LogP contribution in [0, 0.1) is 0 Å². The molecule has 1 aliphatic carbocycles. The average Bonchev–Trinajstić information content (AvgIpc) is 2.85. The van der Waals surface area contributed by atoms with Crippen LogP contribution in [0.3, 0.4) is 0 Å². The standard InChI is InChI=1S/C29H30N4O/c1-20(19-30)13-15-24-21(2)14-16-25-28(24)31-26(17-22-9-5-3-6-10-22)29(32-25)33-27(34)18-23-11-7-4-8-12-23/h3-13,15H,1,14,16-19,30H2,2H3,(H,32,33,34)/b15-13-. The Bertz CT molecular complexity index is 1240. The number of nitrogens with zero attached hydrogens (tertiary/aromatic N) is 2. The summed E-state index contributed by atoms with van der Waals surface area (Å²) in [6, 6.07) is 19.8. The molecule has 1 aliphatic rings. The Labute approximate surface area is 201 Å². The summed E-state index contributed by atoms with van der Waals surface area (Å²) in [4.78, 5) is 22.8. The lowest BCUT2D eigenvalue weighted by atomic mass is 9.91. The quantitative estimate of drug-likeness (QED) is 0.471. The normalized spacial score (nSPS) is 13.1. The van der Waals surface area contributed by atoms with E-state index in [9.17, 15) is 4.79 Å². The summed E-state index contributed by atoms with van der Waals surface area (Å²) in [7, 11) is 0. The topological polar surface area (TPSA) is 80.9 Å². The van der Waals surface area contributed by atoms with Gasteiger partial charge in [0.15, 0.2) is 5.82 Å². The first kappa shape index (κ1) is 23.3. The summed E-state index contributed by atoms with van der Waals surface area (Å²) in [5.74, 6) is 0.439. The van der Waals surface area contributed by atoms with Crippen molar-refractivity contribution in [3.05, 3.63) is 119 Å². The predicted molar refractivity (Wildman–Crippen MR) is 138 cm³/mol. The summed E-state index contributed by atoms with van der Waals surface area (Å²) in [5, 5.41) is 3.04. The number of hydrogen-bond acceptors (Lipinski definition) is 4. The first-order valence-corrected chi connectivity index (χ1v) is 11.6. The molecular formula is C29H30N4O. The molecule has 0 saturated heterocycles. The van der Waals surface area contributed by atoms with E-state index >= 15 is 0 Å². The molecule has 2 aromatic carbocycles. The highest BCUT2D eigenvalue weighted by Crippen LogP contribution is 2.32. The molecule has 1 amide bonds. The summed E-state index contributed by atoms with van der Waals surface area (Å²) < 4.78 is 0. The highest BCUT2D eigenvalue weighted by molar-refractivity contribution is 5.92. The highest BCUT2D eigenvalue weighted by atomic mass is 16.1. The maximum atomic E-state index is 12.9. The van der Waals surface area contributed by atoms with Gasteiger partial charge in [-0.15, -0.1) is 0 Å². The van der Waals surface area contributed by atoms with Gasteiger partial charge in [-0.2, -0.15) is 0 Å². The lowest BCUT2D eigenvalue weighted by Crippen LogP contribution is -2.20. The first-order valence-electron chi connectivity index (χ1n) is 11.6. The third-order valence-corrected chi connectivity index (χ3v) is 5.92. The van der Waals surface area contributed by atoms with Crippen molar-refractivity contribution < 1.29 is 4.79 Å². The van der Waals surface area contributed by atoms with Gasteiger partial charge in [0.1, 0.15) is 0 Å². The summed E-state index contributed by atoms with van der Waals surface area (Å²) in [6.45, 7) is 6.51. The van der Waals surface area contributed by atoms with Gasteiger partial charge in [-0.1, -0.05) is 85.0 Å². The molecule has 4 rings (SSSR count). The summed E-state index contributed by atoms with van der Waals surface area (Å²) in [5.41, 5.74) is 13.5. The third kappa shape index (κ3) is 5.74. The first-order chi connectivity index (χ1) is 16.5. The summed E-state index contributed by atoms with van der Waals surface area (Å²) >= 11 is 0. The van der Waals surface area contributed by atoms with Gasteiger partial charge in [0.2, 0.25) is 5.91 Å². The minimum Gasteiger partial charge on any atom is -0.327 e. The van der Waals surface area contributed by atoms with Crippen LogP contribution in [0.25, 0.3) is 5.57 Å². The van der Waals surface area contributed by atoms with Crippen molar-refractivity contribution >= 4 is 17.3 Å². The van der Waals surface area contributed by atoms with Crippen molar-refractivity contribution in [1.29, 1.82) is 0 Å². The largest absolute Gasteiger partial charge is 0.327 e. The molecule has 5 heteroatoms. The molecule has 0 radical (unpaired) electrons. The number of anilines is 1. The minimum absolute atomic E-state index is 0.100. The molecule has 0 spiro atoms. The van der Waals surface area contributed by atoms with Crippen molar-refractivity contribution in [1.82, 2.24) is 9.97 Å². The number of allylic oxidation sites excluding steroid dienone is 3. The third-order valence-electron chi connectivity index (χ3n) is 5.92. The number of nitrogens with two attached hydrogens (primary N) is 1. The molecular weight excluding hydrogens is 420 g/mol. The number of benzene rings is 2. The van der Waals surface area contributed by atoms with Crippen molar-refractivity contribution in [3.8, 4) is 0 Å². The minimum atomic E-state index is -0.100. The maximum Gasteiger partial charge on any atom is 0.229 e. The monoisotopic (exact) mass is 450 g/mol. The number of rotatable bonds is 8. The smallest absolute Gasteiger partial charge is 0.229 e. The van der Waals surface area contributed by atoms with E-state index in [1.807, 2.05) is 60.7 Å². The zero-order valence-corrected chi connectivity index (χ0v) is 19.6. The fraction of sp³-hybridized carbons (Fsp3) is 0.207.